The van der Waals surface area contributed by atoms with Gasteiger partial charge in [0.2, 0.25) is 5.91 Å². The molecule has 0 heterocycles. The van der Waals surface area contributed by atoms with Gasteiger partial charge < -0.3 is 30.3 Å². The molecule has 30 heavy (non-hydrogen) atoms. The van der Waals surface area contributed by atoms with Gasteiger partial charge in [-0.05, 0) is 25.3 Å². The Balaban J connectivity index is 2.86. The Kier molecular flexibility index (Phi) is 10.3. The SMILES string of the molecule is CCOC(=O)[C@@H](NC(=O)[C@H](C[C@](C)(O)CO)NC(=O)OCc1ccccc1)C(C)C. The lowest BCUT2D eigenvalue weighted by Gasteiger charge is -2.28. The number of alkyl carbamates (subject to hydrolysis) is 1. The van der Waals surface area contributed by atoms with Crippen LogP contribution >= 0.6 is 0 Å². The highest BCUT2D eigenvalue weighted by Gasteiger charge is 2.34. The van der Waals surface area contributed by atoms with Crippen LogP contribution in [-0.2, 0) is 25.7 Å². The van der Waals surface area contributed by atoms with E-state index in [0.29, 0.717) is 0 Å². The van der Waals surface area contributed by atoms with Crippen molar-refractivity contribution in [3.63, 3.8) is 0 Å². The molecule has 1 aromatic carbocycles. The molecule has 0 fully saturated rings. The molecule has 0 spiro atoms. The fourth-order valence-electron chi connectivity index (χ4n) is 2.60. The van der Waals surface area contributed by atoms with Crippen LogP contribution in [0.4, 0.5) is 4.79 Å². The van der Waals surface area contributed by atoms with Crippen LogP contribution in [0, 0.1) is 5.92 Å². The Morgan fingerprint density at radius 3 is 2.27 bits per heavy atom. The van der Waals surface area contributed by atoms with Crippen LogP contribution in [0.2, 0.25) is 0 Å². The highest BCUT2D eigenvalue weighted by molar-refractivity contribution is 5.89. The van der Waals surface area contributed by atoms with E-state index in [0.717, 1.165) is 5.56 Å². The predicted molar refractivity (Wildman–Crippen MR) is 109 cm³/mol. The van der Waals surface area contributed by atoms with Crippen LogP contribution in [0.5, 0.6) is 0 Å². The summed E-state index contributed by atoms with van der Waals surface area (Å²) in [6, 6.07) is 6.81. The van der Waals surface area contributed by atoms with Crippen molar-refractivity contribution >= 4 is 18.0 Å². The number of esters is 1. The number of aliphatic hydroxyl groups is 2. The Morgan fingerprint density at radius 1 is 1.10 bits per heavy atom. The lowest BCUT2D eigenvalue weighted by molar-refractivity contribution is -0.149. The first-order valence-corrected chi connectivity index (χ1v) is 9.87. The van der Waals surface area contributed by atoms with Gasteiger partial charge in [0.15, 0.2) is 0 Å². The Hall–Kier alpha value is -2.65. The summed E-state index contributed by atoms with van der Waals surface area (Å²) in [6.45, 7) is 5.99. The number of aliphatic hydroxyl groups excluding tert-OH is 1. The number of ether oxygens (including phenoxy) is 2. The third-order valence-electron chi connectivity index (χ3n) is 4.31. The molecule has 0 aromatic heterocycles. The van der Waals surface area contributed by atoms with Crippen molar-refractivity contribution in [2.24, 2.45) is 5.92 Å². The summed E-state index contributed by atoms with van der Waals surface area (Å²) >= 11 is 0. The van der Waals surface area contributed by atoms with Crippen molar-refractivity contribution in [2.45, 2.75) is 58.4 Å². The zero-order valence-electron chi connectivity index (χ0n) is 17.9. The highest BCUT2D eigenvalue weighted by Crippen LogP contribution is 2.13. The molecule has 4 N–H and O–H groups in total. The van der Waals surface area contributed by atoms with Crippen molar-refractivity contribution in [3.8, 4) is 0 Å². The van der Waals surface area contributed by atoms with E-state index in [9.17, 15) is 24.6 Å². The minimum absolute atomic E-state index is 0.00511. The standard InChI is InChI=1S/C21H32N2O7/c1-5-29-19(26)17(14(2)3)23-18(25)16(11-21(4,28)13-24)22-20(27)30-12-15-9-7-6-8-10-15/h6-10,14,16-17,24,28H,5,11-13H2,1-4H3,(H,22,27)(H,23,25)/t16-,17-,21-/m0/s1. The van der Waals surface area contributed by atoms with Crippen LogP contribution < -0.4 is 10.6 Å². The molecule has 0 unspecified atom stereocenters. The van der Waals surface area contributed by atoms with Crippen LogP contribution in [0.15, 0.2) is 30.3 Å². The minimum atomic E-state index is -1.63. The molecule has 9 heteroatoms. The molecule has 0 aliphatic heterocycles. The highest BCUT2D eigenvalue weighted by atomic mass is 16.5. The second kappa shape index (κ2) is 12.1. The molecule has 0 aliphatic rings. The maximum atomic E-state index is 12.8. The maximum Gasteiger partial charge on any atom is 0.408 e. The summed E-state index contributed by atoms with van der Waals surface area (Å²) in [5, 5.41) is 24.5. The number of rotatable bonds is 11. The molecule has 0 aliphatic carbocycles. The van der Waals surface area contributed by atoms with E-state index < -0.39 is 42.3 Å². The monoisotopic (exact) mass is 424 g/mol. The second-order valence-corrected chi connectivity index (χ2v) is 7.60. The van der Waals surface area contributed by atoms with Gasteiger partial charge in [-0.25, -0.2) is 9.59 Å². The maximum absolute atomic E-state index is 12.8. The summed E-state index contributed by atoms with van der Waals surface area (Å²) in [6.07, 6.45) is -1.16. The average molecular weight is 424 g/mol. The van der Waals surface area contributed by atoms with Crippen LogP contribution in [0.1, 0.15) is 39.7 Å². The van der Waals surface area contributed by atoms with Gasteiger partial charge in [-0.3, -0.25) is 4.79 Å². The topological polar surface area (TPSA) is 134 Å². The van der Waals surface area contributed by atoms with Gasteiger partial charge in [0.25, 0.3) is 0 Å². The number of hydrogen-bond donors (Lipinski definition) is 4. The van der Waals surface area contributed by atoms with Gasteiger partial charge in [0, 0.05) is 6.42 Å². The van der Waals surface area contributed by atoms with Crippen molar-refractivity contribution in [2.75, 3.05) is 13.2 Å². The summed E-state index contributed by atoms with van der Waals surface area (Å²) in [5.41, 5.74) is -0.871. The predicted octanol–water partition coefficient (Wildman–Crippen LogP) is 1.12. The zero-order chi connectivity index (χ0) is 22.7. The lowest BCUT2D eigenvalue weighted by atomic mass is 9.96. The molecule has 0 saturated carbocycles. The molecular weight excluding hydrogens is 392 g/mol. The van der Waals surface area contributed by atoms with Gasteiger partial charge in [-0.1, -0.05) is 44.2 Å². The number of amides is 2. The molecule has 1 aromatic rings. The second-order valence-electron chi connectivity index (χ2n) is 7.60. The molecule has 168 valence electrons. The zero-order valence-corrected chi connectivity index (χ0v) is 17.9. The van der Waals surface area contributed by atoms with E-state index in [1.807, 2.05) is 6.07 Å². The molecule has 3 atom stereocenters. The van der Waals surface area contributed by atoms with E-state index in [-0.39, 0.29) is 25.6 Å². The normalized spacial score (nSPS) is 14.9. The molecule has 1 rings (SSSR count). The summed E-state index contributed by atoms with van der Waals surface area (Å²) in [5.74, 6) is -1.57. The molecule has 0 saturated heterocycles. The van der Waals surface area contributed by atoms with Crippen molar-refractivity contribution in [1.29, 1.82) is 0 Å². The number of carbonyl (C=O) groups excluding carboxylic acids is 3. The first-order valence-electron chi connectivity index (χ1n) is 9.87. The third kappa shape index (κ3) is 8.79. The van der Waals surface area contributed by atoms with Crippen molar-refractivity contribution in [3.05, 3.63) is 35.9 Å². The van der Waals surface area contributed by atoms with Gasteiger partial charge in [0.05, 0.1) is 18.8 Å². The number of hydrogen-bond acceptors (Lipinski definition) is 7. The van der Waals surface area contributed by atoms with E-state index in [2.05, 4.69) is 10.6 Å². The third-order valence-corrected chi connectivity index (χ3v) is 4.31. The molecule has 2 amide bonds. The summed E-state index contributed by atoms with van der Waals surface area (Å²) < 4.78 is 10.1. The van der Waals surface area contributed by atoms with Crippen LogP contribution in [0.3, 0.4) is 0 Å². The van der Waals surface area contributed by atoms with Crippen LogP contribution in [0.25, 0.3) is 0 Å². The lowest BCUT2D eigenvalue weighted by Crippen LogP contribution is -2.55. The van der Waals surface area contributed by atoms with Crippen molar-refractivity contribution in [1.82, 2.24) is 10.6 Å². The van der Waals surface area contributed by atoms with Gasteiger partial charge in [-0.15, -0.1) is 0 Å². The van der Waals surface area contributed by atoms with Gasteiger partial charge in [-0.2, -0.15) is 0 Å². The van der Waals surface area contributed by atoms with E-state index in [1.54, 1.807) is 45.0 Å². The molecule has 0 bridgehead atoms. The van der Waals surface area contributed by atoms with Gasteiger partial charge in [0.1, 0.15) is 18.7 Å². The fourth-order valence-corrected chi connectivity index (χ4v) is 2.60. The number of nitrogens with one attached hydrogen (secondary N) is 2. The summed E-state index contributed by atoms with van der Waals surface area (Å²) in [7, 11) is 0. The molecular formula is C21H32N2O7. The Labute approximate surface area is 176 Å². The molecule has 9 nitrogen and oxygen atoms in total. The summed E-state index contributed by atoms with van der Waals surface area (Å²) in [4.78, 5) is 37.1. The number of benzene rings is 1. The van der Waals surface area contributed by atoms with Crippen molar-refractivity contribution < 1.29 is 34.1 Å². The largest absolute Gasteiger partial charge is 0.464 e. The van der Waals surface area contributed by atoms with E-state index >= 15 is 0 Å². The fraction of sp³-hybridized carbons (Fsp3) is 0.571. The first-order chi connectivity index (χ1) is 14.1. The van der Waals surface area contributed by atoms with E-state index in [1.165, 1.54) is 6.92 Å². The van der Waals surface area contributed by atoms with E-state index in [4.69, 9.17) is 9.47 Å². The average Bonchev–Trinajstić information content (AvgIpc) is 2.70. The smallest absolute Gasteiger partial charge is 0.408 e. The number of carbonyl (C=O) groups is 3. The Morgan fingerprint density at radius 2 is 1.73 bits per heavy atom. The minimum Gasteiger partial charge on any atom is -0.464 e. The quantitative estimate of drug-likeness (QED) is 0.391. The first kappa shape index (κ1) is 25.4. The Bertz CT molecular complexity index is 692. The van der Waals surface area contributed by atoms with Gasteiger partial charge >= 0.3 is 12.1 Å². The van der Waals surface area contributed by atoms with Crippen LogP contribution in [-0.4, -0.2) is 59.1 Å². The molecule has 0 radical (unpaired) electrons.